The summed E-state index contributed by atoms with van der Waals surface area (Å²) in [5.41, 5.74) is 3.08. The fourth-order valence-electron chi connectivity index (χ4n) is 2.07. The van der Waals surface area contributed by atoms with E-state index >= 15 is 0 Å². The highest BCUT2D eigenvalue weighted by molar-refractivity contribution is 6.33. The van der Waals surface area contributed by atoms with Gasteiger partial charge in [-0.25, -0.2) is 4.79 Å². The van der Waals surface area contributed by atoms with Crippen molar-refractivity contribution in [3.63, 3.8) is 0 Å². The molecule has 0 aliphatic heterocycles. The van der Waals surface area contributed by atoms with E-state index in [1.807, 2.05) is 37.4 Å². The summed E-state index contributed by atoms with van der Waals surface area (Å²) in [5, 5.41) is 0.620. The Labute approximate surface area is 117 Å². The Balaban J connectivity index is 2.55. The number of ether oxygens (including phenoxy) is 1. The van der Waals surface area contributed by atoms with Gasteiger partial charge in [0.25, 0.3) is 0 Å². The number of benzene rings is 1. The molecule has 2 rings (SSSR count). The zero-order valence-corrected chi connectivity index (χ0v) is 11.8. The van der Waals surface area contributed by atoms with E-state index in [2.05, 4.69) is 4.98 Å². The van der Waals surface area contributed by atoms with Crippen LogP contribution in [0.3, 0.4) is 0 Å². The minimum atomic E-state index is -0.310. The van der Waals surface area contributed by atoms with Crippen LogP contribution in [0.1, 0.15) is 29.9 Å². The van der Waals surface area contributed by atoms with Gasteiger partial charge in [-0.15, -0.1) is 0 Å². The highest BCUT2D eigenvalue weighted by Crippen LogP contribution is 2.32. The van der Waals surface area contributed by atoms with Gasteiger partial charge >= 0.3 is 5.97 Å². The van der Waals surface area contributed by atoms with Crippen molar-refractivity contribution in [3.05, 3.63) is 46.7 Å². The number of esters is 1. The van der Waals surface area contributed by atoms with Crippen LogP contribution in [-0.2, 0) is 11.2 Å². The molecular weight excluding hydrogens is 262 g/mol. The van der Waals surface area contributed by atoms with Gasteiger partial charge in [-0.05, 0) is 19.4 Å². The van der Waals surface area contributed by atoms with Crippen molar-refractivity contribution in [3.8, 4) is 11.1 Å². The van der Waals surface area contributed by atoms with Crippen LogP contribution >= 0.6 is 11.6 Å². The smallest absolute Gasteiger partial charge is 0.340 e. The Morgan fingerprint density at radius 3 is 2.63 bits per heavy atom. The van der Waals surface area contributed by atoms with E-state index in [0.29, 0.717) is 17.2 Å². The van der Waals surface area contributed by atoms with Crippen LogP contribution in [0.25, 0.3) is 11.1 Å². The highest BCUT2D eigenvalue weighted by Gasteiger charge is 2.20. The molecule has 0 saturated carbocycles. The van der Waals surface area contributed by atoms with E-state index in [1.165, 1.54) is 0 Å². The first kappa shape index (κ1) is 13.7. The first-order chi connectivity index (χ1) is 9.19. The quantitative estimate of drug-likeness (QED) is 0.856. The molecule has 0 bridgehead atoms. The number of rotatable bonds is 4. The van der Waals surface area contributed by atoms with Crippen LogP contribution in [0, 0.1) is 0 Å². The number of carbonyl (C=O) groups excluding carboxylic acids is 1. The van der Waals surface area contributed by atoms with Crippen molar-refractivity contribution >= 4 is 17.6 Å². The Kier molecular flexibility index (Phi) is 4.27. The third kappa shape index (κ3) is 2.66. The maximum Gasteiger partial charge on any atom is 0.340 e. The standard InChI is InChI=1S/C15H16ClNO2/c1-3-13-14(15(18)19-4-2)11(9-17-13)10-7-5-6-8-12(10)16/h5-9,17H,3-4H2,1-2H3. The minimum absolute atomic E-state index is 0.310. The summed E-state index contributed by atoms with van der Waals surface area (Å²) in [7, 11) is 0. The molecule has 0 radical (unpaired) electrons. The van der Waals surface area contributed by atoms with Crippen LogP contribution in [0.15, 0.2) is 30.5 Å². The zero-order valence-electron chi connectivity index (χ0n) is 11.0. The normalized spacial score (nSPS) is 10.5. The van der Waals surface area contributed by atoms with Crippen molar-refractivity contribution in [2.75, 3.05) is 6.61 Å². The third-order valence-electron chi connectivity index (χ3n) is 2.96. The van der Waals surface area contributed by atoms with Crippen LogP contribution < -0.4 is 0 Å². The van der Waals surface area contributed by atoms with Crippen molar-refractivity contribution in [2.24, 2.45) is 0 Å². The summed E-state index contributed by atoms with van der Waals surface area (Å²) < 4.78 is 5.13. The molecule has 0 aliphatic rings. The number of aromatic nitrogens is 1. The summed E-state index contributed by atoms with van der Waals surface area (Å²) in [4.78, 5) is 15.2. The molecule has 0 amide bonds. The minimum Gasteiger partial charge on any atom is -0.462 e. The monoisotopic (exact) mass is 277 g/mol. The number of nitrogens with one attached hydrogen (secondary N) is 1. The lowest BCUT2D eigenvalue weighted by molar-refractivity contribution is 0.0526. The summed E-state index contributed by atoms with van der Waals surface area (Å²) in [6, 6.07) is 7.47. The second-order valence-electron chi connectivity index (χ2n) is 4.11. The van der Waals surface area contributed by atoms with Gasteiger partial charge < -0.3 is 9.72 Å². The molecule has 0 unspecified atom stereocenters. The fraction of sp³-hybridized carbons (Fsp3) is 0.267. The number of hydrogen-bond donors (Lipinski definition) is 1. The van der Waals surface area contributed by atoms with Gasteiger partial charge in [0.15, 0.2) is 0 Å². The SMILES string of the molecule is CCOC(=O)c1c(-c2ccccc2Cl)c[nH]c1CC. The van der Waals surface area contributed by atoms with Crippen molar-refractivity contribution in [1.82, 2.24) is 4.98 Å². The molecule has 0 fully saturated rings. The molecular formula is C15H16ClNO2. The maximum atomic E-state index is 12.1. The van der Waals surface area contributed by atoms with E-state index in [-0.39, 0.29) is 5.97 Å². The molecule has 2 aromatic rings. The van der Waals surface area contributed by atoms with Crippen molar-refractivity contribution in [2.45, 2.75) is 20.3 Å². The maximum absolute atomic E-state index is 12.1. The van der Waals surface area contributed by atoms with E-state index in [0.717, 1.165) is 23.2 Å². The van der Waals surface area contributed by atoms with E-state index in [9.17, 15) is 4.79 Å². The number of aryl methyl sites for hydroxylation is 1. The Morgan fingerprint density at radius 1 is 1.26 bits per heavy atom. The highest BCUT2D eigenvalue weighted by atomic mass is 35.5. The summed E-state index contributed by atoms with van der Waals surface area (Å²) in [6.07, 6.45) is 2.55. The van der Waals surface area contributed by atoms with E-state index in [1.54, 1.807) is 6.92 Å². The molecule has 0 saturated heterocycles. The van der Waals surface area contributed by atoms with E-state index < -0.39 is 0 Å². The summed E-state index contributed by atoms with van der Waals surface area (Å²) >= 11 is 6.20. The number of aromatic amines is 1. The summed E-state index contributed by atoms with van der Waals surface area (Å²) in [5.74, 6) is -0.310. The summed E-state index contributed by atoms with van der Waals surface area (Å²) in [6.45, 7) is 4.14. The Morgan fingerprint density at radius 2 is 2.00 bits per heavy atom. The molecule has 1 aromatic carbocycles. The average molecular weight is 278 g/mol. The molecule has 3 nitrogen and oxygen atoms in total. The number of hydrogen-bond acceptors (Lipinski definition) is 2. The molecule has 0 spiro atoms. The van der Waals surface area contributed by atoms with Crippen molar-refractivity contribution in [1.29, 1.82) is 0 Å². The van der Waals surface area contributed by atoms with Gasteiger partial charge in [0.2, 0.25) is 0 Å². The molecule has 4 heteroatoms. The zero-order chi connectivity index (χ0) is 13.8. The number of carbonyl (C=O) groups is 1. The predicted molar refractivity (Wildman–Crippen MR) is 76.6 cm³/mol. The second kappa shape index (κ2) is 5.93. The average Bonchev–Trinajstić information content (AvgIpc) is 2.83. The molecule has 0 atom stereocenters. The first-order valence-electron chi connectivity index (χ1n) is 6.31. The first-order valence-corrected chi connectivity index (χ1v) is 6.69. The molecule has 0 aliphatic carbocycles. The third-order valence-corrected chi connectivity index (χ3v) is 3.29. The number of H-pyrrole nitrogens is 1. The lowest BCUT2D eigenvalue weighted by Gasteiger charge is -2.07. The van der Waals surface area contributed by atoms with Crippen molar-refractivity contribution < 1.29 is 9.53 Å². The molecule has 1 N–H and O–H groups in total. The molecule has 1 heterocycles. The van der Waals surface area contributed by atoms with Gasteiger partial charge in [-0.3, -0.25) is 0 Å². The van der Waals surface area contributed by atoms with E-state index in [4.69, 9.17) is 16.3 Å². The topological polar surface area (TPSA) is 42.1 Å². The fourth-order valence-corrected chi connectivity index (χ4v) is 2.31. The van der Waals surface area contributed by atoms with Crippen LogP contribution in [-0.4, -0.2) is 17.6 Å². The van der Waals surface area contributed by atoms with Gasteiger partial charge in [-0.2, -0.15) is 0 Å². The largest absolute Gasteiger partial charge is 0.462 e. The molecule has 100 valence electrons. The number of halogens is 1. The van der Waals surface area contributed by atoms with Crippen LogP contribution in [0.2, 0.25) is 5.02 Å². The predicted octanol–water partition coefficient (Wildman–Crippen LogP) is 4.07. The molecule has 1 aromatic heterocycles. The Bertz CT molecular complexity index is 590. The van der Waals surface area contributed by atoms with Gasteiger partial charge in [0, 0.05) is 28.0 Å². The Hall–Kier alpha value is -1.74. The molecule has 19 heavy (non-hydrogen) atoms. The van der Waals surface area contributed by atoms with Gasteiger partial charge in [0.1, 0.15) is 0 Å². The van der Waals surface area contributed by atoms with Gasteiger partial charge in [-0.1, -0.05) is 36.7 Å². The van der Waals surface area contributed by atoms with Crippen LogP contribution in [0.5, 0.6) is 0 Å². The lowest BCUT2D eigenvalue weighted by atomic mass is 10.0. The van der Waals surface area contributed by atoms with Gasteiger partial charge in [0.05, 0.1) is 12.2 Å². The lowest BCUT2D eigenvalue weighted by Crippen LogP contribution is -2.07. The van der Waals surface area contributed by atoms with Crippen LogP contribution in [0.4, 0.5) is 0 Å². The second-order valence-corrected chi connectivity index (χ2v) is 4.52.